The Kier molecular flexibility index (Phi) is 4.57. The van der Waals surface area contributed by atoms with Crippen molar-refractivity contribution in [2.24, 2.45) is 0 Å². The van der Waals surface area contributed by atoms with Crippen LogP contribution in [0.3, 0.4) is 0 Å². The lowest BCUT2D eigenvalue weighted by atomic mass is 10.7. The number of carboxylic acids is 1. The zero-order valence-electron chi connectivity index (χ0n) is 6.24. The van der Waals surface area contributed by atoms with Gasteiger partial charge in [-0.25, -0.2) is 14.2 Å². The molecule has 0 aromatic carbocycles. The number of phosphoric acid groups is 1. The SMILES string of the molecule is O=C(O)COC(=O)COP(=O)(O)O. The summed E-state index contributed by atoms with van der Waals surface area (Å²) in [6.45, 7) is -1.86. The highest BCUT2D eigenvalue weighted by Crippen LogP contribution is 2.35. The summed E-state index contributed by atoms with van der Waals surface area (Å²) in [6.07, 6.45) is 0. The molecule has 0 aliphatic rings. The van der Waals surface area contributed by atoms with Crippen molar-refractivity contribution in [1.82, 2.24) is 0 Å². The number of ether oxygens (including phenoxy) is 1. The molecule has 0 saturated carbocycles. The van der Waals surface area contributed by atoms with Crippen LogP contribution < -0.4 is 0 Å². The molecule has 0 bridgehead atoms. The molecule has 0 aliphatic carbocycles. The highest BCUT2D eigenvalue weighted by molar-refractivity contribution is 7.46. The van der Waals surface area contributed by atoms with E-state index in [2.05, 4.69) is 9.26 Å². The van der Waals surface area contributed by atoms with Gasteiger partial charge in [0.25, 0.3) is 0 Å². The number of aliphatic carboxylic acids is 1. The minimum atomic E-state index is -4.72. The van der Waals surface area contributed by atoms with Crippen molar-refractivity contribution < 1.29 is 38.3 Å². The number of hydrogen-bond donors (Lipinski definition) is 3. The number of phosphoric ester groups is 1. The molecule has 0 spiro atoms. The fourth-order valence-corrected chi connectivity index (χ4v) is 0.594. The average molecular weight is 214 g/mol. The Morgan fingerprint density at radius 2 is 1.77 bits per heavy atom. The number of rotatable bonds is 5. The van der Waals surface area contributed by atoms with Gasteiger partial charge in [0, 0.05) is 0 Å². The van der Waals surface area contributed by atoms with Crippen LogP contribution in [0.15, 0.2) is 0 Å². The van der Waals surface area contributed by atoms with Gasteiger partial charge in [0.15, 0.2) is 13.2 Å². The Morgan fingerprint density at radius 1 is 1.23 bits per heavy atom. The summed E-state index contributed by atoms with van der Waals surface area (Å²) in [6, 6.07) is 0. The fraction of sp³-hybridized carbons (Fsp3) is 0.500. The molecule has 0 aromatic rings. The second kappa shape index (κ2) is 4.93. The third-order valence-corrected chi connectivity index (χ3v) is 1.17. The van der Waals surface area contributed by atoms with Crippen LogP contribution in [0.2, 0.25) is 0 Å². The van der Waals surface area contributed by atoms with Crippen molar-refractivity contribution in [1.29, 1.82) is 0 Å². The third-order valence-electron chi connectivity index (χ3n) is 0.707. The first-order valence-electron chi connectivity index (χ1n) is 2.89. The molecule has 9 heteroatoms. The lowest BCUT2D eigenvalue weighted by Gasteiger charge is -2.03. The monoisotopic (exact) mass is 214 g/mol. The van der Waals surface area contributed by atoms with Gasteiger partial charge in [0.2, 0.25) is 0 Å². The van der Waals surface area contributed by atoms with E-state index in [0.29, 0.717) is 0 Å². The Morgan fingerprint density at radius 3 is 2.15 bits per heavy atom. The molecule has 0 aliphatic heterocycles. The van der Waals surface area contributed by atoms with Crippen molar-refractivity contribution in [2.75, 3.05) is 13.2 Å². The van der Waals surface area contributed by atoms with Gasteiger partial charge < -0.3 is 19.6 Å². The highest BCUT2D eigenvalue weighted by Gasteiger charge is 2.17. The zero-order valence-corrected chi connectivity index (χ0v) is 7.14. The molecule has 0 rings (SSSR count). The predicted octanol–water partition coefficient (Wildman–Crippen LogP) is -1.28. The summed E-state index contributed by atoms with van der Waals surface area (Å²) in [5, 5.41) is 8.02. The summed E-state index contributed by atoms with van der Waals surface area (Å²) in [5.74, 6) is -2.53. The topological polar surface area (TPSA) is 130 Å². The number of carbonyl (C=O) groups excluding carboxylic acids is 1. The van der Waals surface area contributed by atoms with Crippen LogP contribution in [0.5, 0.6) is 0 Å². The van der Waals surface area contributed by atoms with Gasteiger partial charge in [-0.2, -0.15) is 0 Å². The van der Waals surface area contributed by atoms with Gasteiger partial charge >= 0.3 is 19.8 Å². The van der Waals surface area contributed by atoms with E-state index < -0.39 is 33.0 Å². The Bertz CT molecular complexity index is 241. The molecule has 0 saturated heterocycles. The van der Waals surface area contributed by atoms with Crippen LogP contribution in [0.1, 0.15) is 0 Å². The smallest absolute Gasteiger partial charge is 0.470 e. The van der Waals surface area contributed by atoms with E-state index in [9.17, 15) is 14.2 Å². The van der Waals surface area contributed by atoms with Crippen LogP contribution in [0.25, 0.3) is 0 Å². The van der Waals surface area contributed by atoms with Crippen molar-refractivity contribution in [3.8, 4) is 0 Å². The summed E-state index contributed by atoms with van der Waals surface area (Å²) < 4.78 is 17.7. The molecule has 0 fully saturated rings. The maximum Gasteiger partial charge on any atom is 0.470 e. The predicted molar refractivity (Wildman–Crippen MR) is 36.6 cm³/mol. The van der Waals surface area contributed by atoms with E-state index in [1.807, 2.05) is 0 Å². The summed E-state index contributed by atoms with van der Waals surface area (Å²) in [5.41, 5.74) is 0. The van der Waals surface area contributed by atoms with E-state index >= 15 is 0 Å². The molecule has 0 unspecified atom stereocenters. The third kappa shape index (κ3) is 8.96. The van der Waals surface area contributed by atoms with E-state index in [0.717, 1.165) is 0 Å². The number of hydrogen-bond acceptors (Lipinski definition) is 5. The first-order valence-corrected chi connectivity index (χ1v) is 4.42. The van der Waals surface area contributed by atoms with Gasteiger partial charge in [-0.1, -0.05) is 0 Å². The molecular weight excluding hydrogens is 207 g/mol. The van der Waals surface area contributed by atoms with Gasteiger partial charge in [0.1, 0.15) is 0 Å². The lowest BCUT2D eigenvalue weighted by molar-refractivity contribution is -0.156. The van der Waals surface area contributed by atoms with Crippen molar-refractivity contribution in [2.45, 2.75) is 0 Å². The lowest BCUT2D eigenvalue weighted by Crippen LogP contribution is -2.16. The van der Waals surface area contributed by atoms with E-state index in [1.165, 1.54) is 0 Å². The largest absolute Gasteiger partial charge is 0.479 e. The normalized spacial score (nSPS) is 10.9. The van der Waals surface area contributed by atoms with E-state index in [4.69, 9.17) is 14.9 Å². The molecule has 0 atom stereocenters. The molecule has 3 N–H and O–H groups in total. The fourth-order valence-electron chi connectivity index (χ4n) is 0.321. The van der Waals surface area contributed by atoms with Gasteiger partial charge in [-0.3, -0.25) is 4.52 Å². The Balaban J connectivity index is 3.65. The maximum atomic E-state index is 10.4. The first kappa shape index (κ1) is 12.0. The van der Waals surface area contributed by atoms with Crippen LogP contribution in [-0.2, 0) is 23.4 Å². The van der Waals surface area contributed by atoms with Crippen LogP contribution in [-0.4, -0.2) is 40.0 Å². The van der Waals surface area contributed by atoms with Gasteiger partial charge in [-0.05, 0) is 0 Å². The van der Waals surface area contributed by atoms with Crippen molar-refractivity contribution in [3.05, 3.63) is 0 Å². The Hall–Kier alpha value is -0.950. The van der Waals surface area contributed by atoms with Crippen LogP contribution in [0, 0.1) is 0 Å². The van der Waals surface area contributed by atoms with Gasteiger partial charge in [-0.15, -0.1) is 0 Å². The molecule has 0 radical (unpaired) electrons. The zero-order chi connectivity index (χ0) is 10.5. The van der Waals surface area contributed by atoms with Crippen molar-refractivity contribution >= 4 is 19.8 Å². The highest BCUT2D eigenvalue weighted by atomic mass is 31.2. The minimum absolute atomic E-state index is 0.872. The molecule has 13 heavy (non-hydrogen) atoms. The standard InChI is InChI=1S/C4H7O8P/c5-3(6)1-11-4(7)2-12-13(8,9)10/h1-2H2,(H,5,6)(H2,8,9,10). The van der Waals surface area contributed by atoms with E-state index in [1.54, 1.807) is 0 Å². The van der Waals surface area contributed by atoms with E-state index in [-0.39, 0.29) is 0 Å². The molecule has 76 valence electrons. The second-order valence-electron chi connectivity index (χ2n) is 1.82. The first-order chi connectivity index (χ1) is 5.81. The molecule has 0 heterocycles. The second-order valence-corrected chi connectivity index (χ2v) is 3.06. The molecule has 0 aromatic heterocycles. The molecule has 8 nitrogen and oxygen atoms in total. The quantitative estimate of drug-likeness (QED) is 0.381. The molecular formula is C4H7O8P. The number of carbonyl (C=O) groups is 2. The maximum absolute atomic E-state index is 10.4. The number of carboxylic acid groups (broad SMARTS) is 1. The molecule has 0 amide bonds. The number of esters is 1. The van der Waals surface area contributed by atoms with Crippen molar-refractivity contribution in [3.63, 3.8) is 0 Å². The average Bonchev–Trinajstić information content (AvgIpc) is 1.95. The summed E-state index contributed by atoms with van der Waals surface area (Å²) >= 11 is 0. The minimum Gasteiger partial charge on any atom is -0.479 e. The summed E-state index contributed by atoms with van der Waals surface area (Å²) in [4.78, 5) is 36.5. The van der Waals surface area contributed by atoms with Gasteiger partial charge in [0.05, 0.1) is 0 Å². The Labute approximate surface area is 72.3 Å². The van der Waals surface area contributed by atoms with Crippen LogP contribution in [0.4, 0.5) is 0 Å². The summed E-state index contributed by atoms with van der Waals surface area (Å²) in [7, 11) is -4.72. The van der Waals surface area contributed by atoms with Crippen LogP contribution >= 0.6 is 7.82 Å².